The molecule has 1 aliphatic rings. The van der Waals surface area contributed by atoms with Crippen LogP contribution in [-0.2, 0) is 16.2 Å². The van der Waals surface area contributed by atoms with Crippen molar-refractivity contribution in [3.05, 3.63) is 22.7 Å². The monoisotopic (exact) mass is 524 g/mol. The molecule has 11 heteroatoms. The fraction of sp³-hybridized carbons (Fsp3) is 0.619. The van der Waals surface area contributed by atoms with E-state index in [0.717, 1.165) is 47.3 Å². The van der Waals surface area contributed by atoms with Crippen molar-refractivity contribution in [2.45, 2.75) is 64.1 Å². The van der Waals surface area contributed by atoms with Crippen LogP contribution in [0.4, 0.5) is 10.7 Å². The van der Waals surface area contributed by atoms with E-state index < -0.39 is 14.2 Å². The minimum absolute atomic E-state index is 0.145. The number of rotatable bonds is 11. The molecule has 1 saturated carbocycles. The van der Waals surface area contributed by atoms with Crippen LogP contribution in [0, 0.1) is 0 Å². The summed E-state index contributed by atoms with van der Waals surface area (Å²) in [5.74, 6) is 2.00. The van der Waals surface area contributed by atoms with E-state index in [-0.39, 0.29) is 6.04 Å². The van der Waals surface area contributed by atoms with Crippen LogP contribution in [0.3, 0.4) is 0 Å². The topological polar surface area (TPSA) is 103 Å². The summed E-state index contributed by atoms with van der Waals surface area (Å²) in [6, 6.07) is 2.85. The summed E-state index contributed by atoms with van der Waals surface area (Å²) in [5.41, 5.74) is 1.65. The maximum atomic E-state index is 11.4. The Bertz CT molecular complexity index is 929. The average Bonchev–Trinajstić information content (AvgIpc) is 3.52. The lowest BCUT2D eigenvalue weighted by Crippen LogP contribution is -2.37. The Morgan fingerprint density at radius 2 is 2.09 bits per heavy atom. The first-order valence-electron chi connectivity index (χ1n) is 10.9. The first-order chi connectivity index (χ1) is 15.2. The Kier molecular flexibility index (Phi) is 8.29. The molecule has 1 unspecified atom stereocenters. The van der Waals surface area contributed by atoms with Crippen molar-refractivity contribution in [1.29, 1.82) is 0 Å². The predicted molar refractivity (Wildman–Crippen MR) is 131 cm³/mol. The number of carbonyl (C=O) groups is 1. The van der Waals surface area contributed by atoms with Gasteiger partial charge in [0.25, 0.3) is 0 Å². The summed E-state index contributed by atoms with van der Waals surface area (Å²) in [6.45, 7) is 10.6. The first kappa shape index (κ1) is 24.7. The predicted octanol–water partition coefficient (Wildman–Crippen LogP) is 4.45. The van der Waals surface area contributed by atoms with E-state index in [1.165, 1.54) is 7.11 Å². The molecule has 0 aliphatic heterocycles. The maximum absolute atomic E-state index is 11.4. The van der Waals surface area contributed by atoms with Crippen LogP contribution in [-0.4, -0.2) is 60.0 Å². The van der Waals surface area contributed by atoms with Crippen molar-refractivity contribution in [1.82, 2.24) is 24.8 Å². The zero-order valence-corrected chi connectivity index (χ0v) is 22.0. The van der Waals surface area contributed by atoms with E-state index in [0.29, 0.717) is 25.1 Å². The summed E-state index contributed by atoms with van der Waals surface area (Å²) < 4.78 is 13.6. The van der Waals surface area contributed by atoms with Crippen LogP contribution in [0.5, 0.6) is 0 Å². The fourth-order valence-corrected chi connectivity index (χ4v) is 4.49. The lowest BCUT2D eigenvalue weighted by atomic mass is 10.3. The molecular weight excluding hydrogens is 492 g/mol. The molecule has 9 nitrogen and oxygen atoms in total. The molecule has 3 rings (SSSR count). The Morgan fingerprint density at radius 1 is 1.34 bits per heavy atom. The van der Waals surface area contributed by atoms with Crippen molar-refractivity contribution in [3.63, 3.8) is 0 Å². The van der Waals surface area contributed by atoms with Gasteiger partial charge in [0.2, 0.25) is 5.95 Å². The number of nitrogens with zero attached hydrogens (tertiary/aromatic N) is 4. The van der Waals surface area contributed by atoms with Gasteiger partial charge in [-0.05, 0) is 47.8 Å². The lowest BCUT2D eigenvalue weighted by Gasteiger charge is -2.17. The number of amides is 1. The molecule has 0 spiro atoms. The van der Waals surface area contributed by atoms with Gasteiger partial charge in [-0.25, -0.2) is 19.7 Å². The third kappa shape index (κ3) is 7.01. The number of hydrogen-bond acceptors (Lipinski definition) is 7. The molecular formula is C21H33BrN6O3Si. The number of imidazole rings is 1. The number of ether oxygens (including phenoxy) is 2. The smallest absolute Gasteiger partial charge is 0.407 e. The summed E-state index contributed by atoms with van der Waals surface area (Å²) >= 11 is 3.64. The zero-order valence-electron chi connectivity index (χ0n) is 19.4. The van der Waals surface area contributed by atoms with Gasteiger partial charge in [-0.3, -0.25) is 0 Å². The summed E-state index contributed by atoms with van der Waals surface area (Å²) in [7, 11) is 0.189. The molecule has 1 atom stereocenters. The number of methoxy groups -OCH3 is 1. The van der Waals surface area contributed by atoms with Gasteiger partial charge >= 0.3 is 6.09 Å². The molecule has 176 valence electrons. The number of nitrogens with one attached hydrogen (secondary N) is 2. The van der Waals surface area contributed by atoms with Crippen LogP contribution in [0.25, 0.3) is 11.4 Å². The van der Waals surface area contributed by atoms with Gasteiger partial charge < -0.3 is 24.7 Å². The van der Waals surface area contributed by atoms with E-state index in [2.05, 4.69) is 60.5 Å². The number of carbonyl (C=O) groups excluding carboxylic acids is 1. The Morgan fingerprint density at radius 3 is 2.75 bits per heavy atom. The third-order valence-electron chi connectivity index (χ3n) is 5.13. The molecule has 0 saturated heterocycles. The second kappa shape index (κ2) is 10.8. The van der Waals surface area contributed by atoms with Gasteiger partial charge in [0.1, 0.15) is 22.9 Å². The van der Waals surface area contributed by atoms with Gasteiger partial charge in [0.05, 0.1) is 12.8 Å². The molecule has 0 radical (unpaired) electrons. The van der Waals surface area contributed by atoms with Crippen molar-refractivity contribution < 1.29 is 14.3 Å². The van der Waals surface area contributed by atoms with Crippen LogP contribution in [0.1, 0.15) is 31.5 Å². The van der Waals surface area contributed by atoms with Gasteiger partial charge in [-0.2, -0.15) is 0 Å². The van der Waals surface area contributed by atoms with Gasteiger partial charge in [0, 0.05) is 39.4 Å². The van der Waals surface area contributed by atoms with Crippen molar-refractivity contribution in [2.24, 2.45) is 0 Å². The second-order valence-corrected chi connectivity index (χ2v) is 15.7. The van der Waals surface area contributed by atoms with Gasteiger partial charge in [-0.1, -0.05) is 19.6 Å². The Labute approximate surface area is 198 Å². The maximum Gasteiger partial charge on any atom is 0.407 e. The number of halogens is 1. The molecule has 2 N–H and O–H groups in total. The first-order valence-corrected chi connectivity index (χ1v) is 15.4. The van der Waals surface area contributed by atoms with Crippen molar-refractivity contribution in [2.75, 3.05) is 25.6 Å². The highest BCUT2D eigenvalue weighted by Gasteiger charge is 2.31. The summed E-state index contributed by atoms with van der Waals surface area (Å²) in [5, 5.41) is 5.88. The number of alkyl carbamates (subject to hydrolysis) is 1. The van der Waals surface area contributed by atoms with Gasteiger partial charge in [0.15, 0.2) is 0 Å². The Hall–Kier alpha value is -1.98. The third-order valence-corrected chi connectivity index (χ3v) is 7.39. The Balaban J connectivity index is 1.75. The van der Waals surface area contributed by atoms with E-state index in [1.807, 2.05) is 13.0 Å². The summed E-state index contributed by atoms with van der Waals surface area (Å²) in [4.78, 5) is 25.1. The normalized spacial score (nSPS) is 14.8. The van der Waals surface area contributed by atoms with E-state index in [1.54, 1.807) is 6.20 Å². The molecule has 0 aromatic carbocycles. The lowest BCUT2D eigenvalue weighted by molar-refractivity contribution is 0.0861. The van der Waals surface area contributed by atoms with E-state index >= 15 is 0 Å². The standard InChI is InChI=1S/C21H33BrN6O3Si/c1-14(25-21(29)30-2)12-24-20-23-9-8-16(26-20)17-18(22)27-19(15-6-7-15)28(17)13-31-10-11-32(3,4)5/h8-9,14-15H,6-7,10-13H2,1-5H3,(H,25,29)(H,23,24,26). The molecule has 1 aliphatic carbocycles. The fourth-order valence-electron chi connectivity index (χ4n) is 3.13. The molecule has 2 aromatic heterocycles. The zero-order chi connectivity index (χ0) is 23.3. The number of anilines is 1. The molecule has 1 fully saturated rings. The van der Waals surface area contributed by atoms with Crippen molar-refractivity contribution in [3.8, 4) is 11.4 Å². The minimum atomic E-state index is -1.15. The highest BCUT2D eigenvalue weighted by molar-refractivity contribution is 9.10. The average molecular weight is 526 g/mol. The molecule has 2 heterocycles. The number of aromatic nitrogens is 4. The highest BCUT2D eigenvalue weighted by atomic mass is 79.9. The van der Waals surface area contributed by atoms with Crippen LogP contribution in [0.2, 0.25) is 25.7 Å². The van der Waals surface area contributed by atoms with Crippen molar-refractivity contribution >= 4 is 36.0 Å². The van der Waals surface area contributed by atoms with E-state index in [4.69, 9.17) is 14.7 Å². The van der Waals surface area contributed by atoms with Crippen LogP contribution in [0.15, 0.2) is 16.9 Å². The molecule has 1 amide bonds. The molecule has 2 aromatic rings. The highest BCUT2D eigenvalue weighted by Crippen LogP contribution is 2.42. The van der Waals surface area contributed by atoms with Crippen LogP contribution >= 0.6 is 15.9 Å². The largest absolute Gasteiger partial charge is 0.453 e. The molecule has 32 heavy (non-hydrogen) atoms. The van der Waals surface area contributed by atoms with E-state index in [9.17, 15) is 4.79 Å². The summed E-state index contributed by atoms with van der Waals surface area (Å²) in [6.07, 6.45) is 3.55. The quantitative estimate of drug-likeness (QED) is 0.330. The van der Waals surface area contributed by atoms with Crippen LogP contribution < -0.4 is 10.6 Å². The SMILES string of the molecule is COC(=O)NC(C)CNc1nccc(-c2c(Br)nc(C3CC3)n2COCC[Si](C)(C)C)n1. The second-order valence-electron chi connectivity index (χ2n) is 9.34. The minimum Gasteiger partial charge on any atom is -0.453 e. The van der Waals surface area contributed by atoms with Gasteiger partial charge in [-0.15, -0.1) is 0 Å². The number of hydrogen-bond donors (Lipinski definition) is 2. The molecule has 0 bridgehead atoms.